The molecule has 0 bridgehead atoms. The van der Waals surface area contributed by atoms with E-state index < -0.39 is 13.0 Å². The summed E-state index contributed by atoms with van der Waals surface area (Å²) in [5.41, 5.74) is 2.35. The van der Waals surface area contributed by atoms with Gasteiger partial charge in [-0.2, -0.15) is 10.1 Å². The highest BCUT2D eigenvalue weighted by Crippen LogP contribution is 2.36. The lowest BCUT2D eigenvalue weighted by atomic mass is 10.0. The molecule has 1 aliphatic heterocycles. The van der Waals surface area contributed by atoms with E-state index in [4.69, 9.17) is 14.6 Å². The number of halogens is 1. The second-order valence-electron chi connectivity index (χ2n) is 7.75. The van der Waals surface area contributed by atoms with Crippen LogP contribution in [0, 0.1) is 0 Å². The summed E-state index contributed by atoms with van der Waals surface area (Å²) in [5, 5.41) is 8.39. The van der Waals surface area contributed by atoms with Crippen LogP contribution >= 0.6 is 11.8 Å². The number of methoxy groups -OCH3 is 1. The van der Waals surface area contributed by atoms with Crippen molar-refractivity contribution in [2.24, 2.45) is 5.10 Å². The molecule has 3 aromatic rings. The number of alkyl halides is 1. The normalized spacial score (nSPS) is 16.2. The Morgan fingerprint density at radius 1 is 1.14 bits per heavy atom. The monoisotopic (exact) mass is 508 g/mol. The van der Waals surface area contributed by atoms with Crippen LogP contribution in [0.4, 0.5) is 9.18 Å². The summed E-state index contributed by atoms with van der Waals surface area (Å²) in [7, 11) is 1.47. The Labute approximate surface area is 212 Å². The van der Waals surface area contributed by atoms with Crippen molar-refractivity contribution >= 4 is 28.6 Å². The van der Waals surface area contributed by atoms with Gasteiger partial charge < -0.3 is 14.8 Å². The van der Waals surface area contributed by atoms with Crippen LogP contribution in [0.15, 0.2) is 78.2 Å². The summed E-state index contributed by atoms with van der Waals surface area (Å²) in [6.45, 7) is 0.943. The van der Waals surface area contributed by atoms with Crippen LogP contribution in [-0.4, -0.2) is 46.1 Å². The van der Waals surface area contributed by atoms with E-state index in [1.165, 1.54) is 24.5 Å². The van der Waals surface area contributed by atoms with Crippen molar-refractivity contribution in [3.05, 3.63) is 89.7 Å². The summed E-state index contributed by atoms with van der Waals surface area (Å²) >= 11 is 1.12. The van der Waals surface area contributed by atoms with Crippen LogP contribution < -0.4 is 14.8 Å². The van der Waals surface area contributed by atoms with Crippen molar-refractivity contribution in [2.75, 3.05) is 14.0 Å². The lowest BCUT2D eigenvalue weighted by Crippen LogP contribution is -2.44. The fourth-order valence-corrected chi connectivity index (χ4v) is 4.73. The number of thioether (sulfide) groups is 1. The second-order valence-corrected chi connectivity index (χ2v) is 8.91. The summed E-state index contributed by atoms with van der Waals surface area (Å²) in [5.74, 6) is 0.240. The summed E-state index contributed by atoms with van der Waals surface area (Å²) in [6.07, 6.45) is 2.82. The molecule has 1 aliphatic rings. The number of carbonyl (C=O) groups is 2. The van der Waals surface area contributed by atoms with Crippen molar-refractivity contribution in [2.45, 2.75) is 24.8 Å². The molecule has 2 heterocycles. The van der Waals surface area contributed by atoms with Crippen LogP contribution in [0.3, 0.4) is 0 Å². The predicted octanol–water partition coefficient (Wildman–Crippen LogP) is 5.18. The molecule has 8 nitrogen and oxygen atoms in total. The highest BCUT2D eigenvalue weighted by atomic mass is 32.2. The third kappa shape index (κ3) is 5.49. The number of hydrogen-bond acceptors (Lipinski definition) is 7. The number of carbonyl (C=O) groups excluding carboxylic acids is 2. The molecule has 2 unspecified atom stereocenters. The Kier molecular flexibility index (Phi) is 8.17. The number of hydrogen-bond donors (Lipinski definition) is 1. The minimum Gasteiger partial charge on any atom is -0.493 e. The third-order valence-electron chi connectivity index (χ3n) is 5.56. The van der Waals surface area contributed by atoms with E-state index in [9.17, 15) is 14.0 Å². The number of nitrogens with one attached hydrogen (secondary N) is 1. The minimum atomic E-state index is -1.01. The van der Waals surface area contributed by atoms with Crippen LogP contribution in [0.25, 0.3) is 0 Å². The highest BCUT2D eigenvalue weighted by molar-refractivity contribution is 8.14. The van der Waals surface area contributed by atoms with Gasteiger partial charge in [-0.25, -0.2) is 4.39 Å². The van der Waals surface area contributed by atoms with E-state index in [0.29, 0.717) is 34.6 Å². The van der Waals surface area contributed by atoms with Crippen molar-refractivity contribution < 1.29 is 23.5 Å². The smallest absolute Gasteiger partial charge is 0.304 e. The van der Waals surface area contributed by atoms with Gasteiger partial charge in [0, 0.05) is 23.5 Å². The molecule has 2 amide bonds. The lowest BCUT2D eigenvalue weighted by molar-refractivity contribution is 0.0887. The largest absolute Gasteiger partial charge is 0.493 e. The molecule has 2 aromatic carbocycles. The summed E-state index contributed by atoms with van der Waals surface area (Å²) in [6, 6.07) is 17.4. The zero-order chi connectivity index (χ0) is 25.5. The molecule has 36 heavy (non-hydrogen) atoms. The van der Waals surface area contributed by atoms with Gasteiger partial charge in [-0.1, -0.05) is 49.0 Å². The molecule has 10 heteroatoms. The standard InChI is InChI=1S/C26H25FN4O4S/c1-3-22-23(19-9-10-20(34-2)21(15-19)35-16-27)30-31(26(33)36-22)24(17-7-5-4-6-8-17)29-25(32)18-11-13-28-14-12-18/h4-15,22,24H,3,16H2,1-2H3,(H,29,32). The van der Waals surface area contributed by atoms with Crippen LogP contribution in [-0.2, 0) is 0 Å². The van der Waals surface area contributed by atoms with Crippen LogP contribution in [0.5, 0.6) is 11.5 Å². The van der Waals surface area contributed by atoms with E-state index in [0.717, 1.165) is 11.8 Å². The second kappa shape index (κ2) is 11.7. The molecular weight excluding hydrogens is 483 g/mol. The molecule has 0 radical (unpaired) electrons. The highest BCUT2D eigenvalue weighted by Gasteiger charge is 2.36. The average molecular weight is 509 g/mol. The molecule has 4 rings (SSSR count). The van der Waals surface area contributed by atoms with E-state index in [-0.39, 0.29) is 22.1 Å². The molecule has 1 N–H and O–H groups in total. The first-order valence-corrected chi connectivity index (χ1v) is 12.1. The van der Waals surface area contributed by atoms with E-state index >= 15 is 0 Å². The fourth-order valence-electron chi connectivity index (χ4n) is 3.78. The van der Waals surface area contributed by atoms with E-state index in [1.54, 1.807) is 30.3 Å². The van der Waals surface area contributed by atoms with Gasteiger partial charge in [-0.05, 0) is 42.3 Å². The summed E-state index contributed by atoms with van der Waals surface area (Å²) in [4.78, 5) is 30.3. The first-order chi connectivity index (χ1) is 17.5. The number of rotatable bonds is 9. The molecule has 0 spiro atoms. The minimum absolute atomic E-state index is 0.231. The molecule has 0 saturated carbocycles. The maximum Gasteiger partial charge on any atom is 0.304 e. The van der Waals surface area contributed by atoms with Gasteiger partial charge >= 0.3 is 5.24 Å². The number of hydrazone groups is 1. The number of ether oxygens (including phenoxy) is 2. The average Bonchev–Trinajstić information content (AvgIpc) is 2.92. The van der Waals surface area contributed by atoms with Crippen LogP contribution in [0.2, 0.25) is 0 Å². The van der Waals surface area contributed by atoms with Gasteiger partial charge in [-0.15, -0.1) is 0 Å². The number of nitrogens with zero attached hydrogens (tertiary/aromatic N) is 3. The van der Waals surface area contributed by atoms with Gasteiger partial charge in [0.1, 0.15) is 0 Å². The molecular formula is C26H25FN4O4S. The zero-order valence-electron chi connectivity index (χ0n) is 19.8. The van der Waals surface area contributed by atoms with Gasteiger partial charge in [0.15, 0.2) is 17.7 Å². The number of benzene rings is 2. The number of amides is 2. The van der Waals surface area contributed by atoms with E-state index in [1.807, 2.05) is 37.3 Å². The Hall–Kier alpha value is -3.92. The molecule has 2 atom stereocenters. The maximum absolute atomic E-state index is 13.3. The first-order valence-electron chi connectivity index (χ1n) is 11.3. The molecule has 0 saturated heterocycles. The quantitative estimate of drug-likeness (QED) is 0.428. The lowest BCUT2D eigenvalue weighted by Gasteiger charge is -2.34. The topological polar surface area (TPSA) is 93.1 Å². The predicted molar refractivity (Wildman–Crippen MR) is 136 cm³/mol. The summed E-state index contributed by atoms with van der Waals surface area (Å²) < 4.78 is 23.3. The van der Waals surface area contributed by atoms with Crippen LogP contribution in [0.1, 0.15) is 41.0 Å². The van der Waals surface area contributed by atoms with Gasteiger partial charge in [0.2, 0.25) is 6.86 Å². The van der Waals surface area contributed by atoms with Crippen molar-refractivity contribution in [1.29, 1.82) is 0 Å². The fraction of sp³-hybridized carbons (Fsp3) is 0.231. The Morgan fingerprint density at radius 2 is 1.89 bits per heavy atom. The Bertz CT molecular complexity index is 1240. The molecule has 0 aliphatic carbocycles. The Morgan fingerprint density at radius 3 is 2.56 bits per heavy atom. The van der Waals surface area contributed by atoms with E-state index in [2.05, 4.69) is 10.3 Å². The van der Waals surface area contributed by atoms with Gasteiger partial charge in [0.25, 0.3) is 5.91 Å². The maximum atomic E-state index is 13.3. The van der Waals surface area contributed by atoms with Gasteiger partial charge in [0.05, 0.1) is 18.1 Å². The van der Waals surface area contributed by atoms with Crippen molar-refractivity contribution in [3.8, 4) is 11.5 Å². The Balaban J connectivity index is 1.76. The van der Waals surface area contributed by atoms with Crippen molar-refractivity contribution in [1.82, 2.24) is 15.3 Å². The molecule has 186 valence electrons. The number of aromatic nitrogens is 1. The molecule has 0 fully saturated rings. The molecule has 1 aromatic heterocycles. The first kappa shape index (κ1) is 25.2. The van der Waals surface area contributed by atoms with Gasteiger partial charge in [-0.3, -0.25) is 14.6 Å². The SMILES string of the molecule is CCC1SC(=O)N(C(NC(=O)c2ccncc2)c2ccccc2)N=C1c1ccc(OC)c(OCF)c1. The third-order valence-corrected chi connectivity index (χ3v) is 6.79. The van der Waals surface area contributed by atoms with Crippen molar-refractivity contribution in [3.63, 3.8) is 0 Å². The number of pyridine rings is 1. The zero-order valence-corrected chi connectivity index (χ0v) is 20.6.